The molecule has 3 aromatic rings. The molecule has 1 atom stereocenters. The van der Waals surface area contributed by atoms with Crippen molar-refractivity contribution >= 4 is 39.2 Å². The Labute approximate surface area is 220 Å². The summed E-state index contributed by atoms with van der Waals surface area (Å²) in [6.45, 7) is 8.96. The lowest BCUT2D eigenvalue weighted by molar-refractivity contribution is 0.0526. The maximum Gasteiger partial charge on any atom is 0.341 e. The zero-order valence-electron chi connectivity index (χ0n) is 21.3. The third-order valence-corrected chi connectivity index (χ3v) is 8.62. The van der Waals surface area contributed by atoms with Crippen LogP contribution in [-0.2, 0) is 17.6 Å². The summed E-state index contributed by atoms with van der Waals surface area (Å²) in [5, 5.41) is 16.4. The van der Waals surface area contributed by atoms with Gasteiger partial charge in [0.05, 0.1) is 25.0 Å². The van der Waals surface area contributed by atoms with Gasteiger partial charge in [0, 0.05) is 22.0 Å². The van der Waals surface area contributed by atoms with Gasteiger partial charge in [-0.3, -0.25) is 0 Å². The summed E-state index contributed by atoms with van der Waals surface area (Å²) in [7, 11) is 1.63. The van der Waals surface area contributed by atoms with Crippen molar-refractivity contribution in [1.82, 2.24) is 4.98 Å². The van der Waals surface area contributed by atoms with Crippen LogP contribution in [0.5, 0.6) is 5.75 Å². The highest BCUT2D eigenvalue weighted by Crippen LogP contribution is 2.44. The molecule has 0 radical (unpaired) electrons. The summed E-state index contributed by atoms with van der Waals surface area (Å²) in [6.07, 6.45) is 4.50. The molecule has 2 heterocycles. The fourth-order valence-corrected chi connectivity index (χ4v) is 6.50. The predicted octanol–water partition coefficient (Wildman–Crippen LogP) is 7.18. The molecule has 1 aromatic carbocycles. The molecule has 2 aromatic heterocycles. The first-order chi connectivity index (χ1) is 17.2. The van der Waals surface area contributed by atoms with Crippen molar-refractivity contribution in [3.05, 3.63) is 56.9 Å². The number of nitrogens with one attached hydrogen (secondary N) is 1. The Morgan fingerprint density at radius 1 is 1.31 bits per heavy atom. The molecule has 1 aliphatic rings. The van der Waals surface area contributed by atoms with E-state index in [1.165, 1.54) is 16.2 Å². The molecule has 0 bridgehead atoms. The van der Waals surface area contributed by atoms with Gasteiger partial charge >= 0.3 is 5.97 Å². The van der Waals surface area contributed by atoms with Crippen LogP contribution in [0.15, 0.2) is 35.8 Å². The number of rotatable bonds is 7. The van der Waals surface area contributed by atoms with Crippen molar-refractivity contribution in [2.75, 3.05) is 19.0 Å². The highest BCUT2D eigenvalue weighted by Gasteiger charge is 2.34. The summed E-state index contributed by atoms with van der Waals surface area (Å²) in [4.78, 5) is 18.8. The van der Waals surface area contributed by atoms with E-state index in [1.54, 1.807) is 24.6 Å². The Bertz CT molecular complexity index is 1310. The normalized spacial score (nSPS) is 15.7. The summed E-state index contributed by atoms with van der Waals surface area (Å²) < 4.78 is 10.6. The van der Waals surface area contributed by atoms with E-state index in [2.05, 4.69) is 37.1 Å². The number of fused-ring (bicyclic) bond motifs is 1. The molecule has 0 unspecified atom stereocenters. The zero-order chi connectivity index (χ0) is 25.9. The number of allylic oxidation sites excluding steroid dienone is 1. The summed E-state index contributed by atoms with van der Waals surface area (Å²) in [5.41, 5.74) is 4.06. The molecule has 8 heteroatoms. The van der Waals surface area contributed by atoms with E-state index in [-0.39, 0.29) is 11.4 Å². The van der Waals surface area contributed by atoms with E-state index in [0.717, 1.165) is 46.8 Å². The van der Waals surface area contributed by atoms with Crippen LogP contribution in [0.4, 0.5) is 5.00 Å². The molecule has 0 aliphatic heterocycles. The number of methoxy groups -OCH3 is 1. The number of carbonyl (C=O) groups excluding carboxylic acids is 1. The van der Waals surface area contributed by atoms with Crippen LogP contribution in [0.25, 0.3) is 16.8 Å². The number of benzene rings is 1. The van der Waals surface area contributed by atoms with E-state index in [9.17, 15) is 10.1 Å². The van der Waals surface area contributed by atoms with Crippen LogP contribution in [0.3, 0.4) is 0 Å². The molecule has 1 aliphatic carbocycles. The first-order valence-corrected chi connectivity index (χ1v) is 13.7. The lowest BCUT2D eigenvalue weighted by atomic mass is 9.72. The molecular weight excluding hydrogens is 490 g/mol. The smallest absolute Gasteiger partial charge is 0.341 e. The first kappa shape index (κ1) is 25.9. The van der Waals surface area contributed by atoms with Crippen molar-refractivity contribution in [1.29, 1.82) is 5.26 Å². The third-order valence-electron chi connectivity index (χ3n) is 6.56. The molecule has 0 fully saturated rings. The number of esters is 1. The van der Waals surface area contributed by atoms with Gasteiger partial charge in [-0.15, -0.1) is 22.7 Å². The van der Waals surface area contributed by atoms with Gasteiger partial charge in [-0.1, -0.05) is 20.8 Å². The van der Waals surface area contributed by atoms with Crippen LogP contribution in [0, 0.1) is 22.7 Å². The highest BCUT2D eigenvalue weighted by molar-refractivity contribution is 7.16. The minimum absolute atomic E-state index is 0.208. The topological polar surface area (TPSA) is 84.2 Å². The quantitative estimate of drug-likeness (QED) is 0.262. The number of thiophene rings is 1. The van der Waals surface area contributed by atoms with E-state index in [0.29, 0.717) is 28.7 Å². The van der Waals surface area contributed by atoms with Crippen LogP contribution < -0.4 is 10.1 Å². The Balaban J connectivity index is 1.62. The maximum atomic E-state index is 12.9. The van der Waals surface area contributed by atoms with Gasteiger partial charge in [0.2, 0.25) is 0 Å². The summed E-state index contributed by atoms with van der Waals surface area (Å²) in [5.74, 6) is 1.03. The Kier molecular flexibility index (Phi) is 7.82. The SMILES string of the molecule is CCOC(=O)c1c(N/C=C(\C#N)c2nc(-c3ccc(OC)cc3)cs2)sc2c1CC[C@@H](C(C)(C)C)C2. The van der Waals surface area contributed by atoms with Crippen molar-refractivity contribution in [2.24, 2.45) is 11.3 Å². The number of anilines is 1. The second-order valence-electron chi connectivity index (χ2n) is 9.81. The van der Waals surface area contributed by atoms with Gasteiger partial charge in [-0.2, -0.15) is 5.26 Å². The molecule has 0 saturated heterocycles. The van der Waals surface area contributed by atoms with Crippen LogP contribution in [0.1, 0.15) is 59.9 Å². The van der Waals surface area contributed by atoms with Gasteiger partial charge in [0.1, 0.15) is 27.4 Å². The van der Waals surface area contributed by atoms with Gasteiger partial charge in [0.25, 0.3) is 0 Å². The fraction of sp³-hybridized carbons (Fsp3) is 0.393. The van der Waals surface area contributed by atoms with Crippen molar-refractivity contribution in [3.63, 3.8) is 0 Å². The minimum atomic E-state index is -0.311. The number of carbonyl (C=O) groups is 1. The Morgan fingerprint density at radius 2 is 2.06 bits per heavy atom. The van der Waals surface area contributed by atoms with Gasteiger partial charge < -0.3 is 14.8 Å². The fourth-order valence-electron chi connectivity index (χ4n) is 4.42. The molecule has 0 amide bonds. The molecule has 1 N–H and O–H groups in total. The highest BCUT2D eigenvalue weighted by atomic mass is 32.1. The van der Waals surface area contributed by atoms with Crippen molar-refractivity contribution < 1.29 is 14.3 Å². The Hall–Kier alpha value is -3.15. The summed E-state index contributed by atoms with van der Waals surface area (Å²) >= 11 is 3.00. The first-order valence-electron chi connectivity index (χ1n) is 12.0. The van der Waals surface area contributed by atoms with Crippen LogP contribution >= 0.6 is 22.7 Å². The van der Waals surface area contributed by atoms with E-state index in [4.69, 9.17) is 9.47 Å². The number of hydrogen-bond acceptors (Lipinski definition) is 8. The lowest BCUT2D eigenvalue weighted by Crippen LogP contribution is -2.26. The van der Waals surface area contributed by atoms with Gasteiger partial charge in [0.15, 0.2) is 0 Å². The molecule has 188 valence electrons. The van der Waals surface area contributed by atoms with Crippen molar-refractivity contribution in [3.8, 4) is 23.1 Å². The van der Waals surface area contributed by atoms with E-state index in [1.807, 2.05) is 36.6 Å². The number of ether oxygens (including phenoxy) is 2. The van der Waals surface area contributed by atoms with E-state index >= 15 is 0 Å². The standard InChI is InChI=1S/C28H31N3O3S2/c1-6-34-27(32)24-21-12-9-19(28(2,3)4)13-23(21)36-26(24)30-15-18(14-29)25-31-22(16-35-25)17-7-10-20(33-5)11-8-17/h7-8,10-11,15-16,19,30H,6,9,12-13H2,1-5H3/b18-15+/t19-/m1/s1. The largest absolute Gasteiger partial charge is 0.497 e. The zero-order valence-corrected chi connectivity index (χ0v) is 22.9. The number of thiazole rings is 1. The lowest BCUT2D eigenvalue weighted by Gasteiger charge is -2.33. The number of nitriles is 1. The summed E-state index contributed by atoms with van der Waals surface area (Å²) in [6, 6.07) is 9.91. The second kappa shape index (κ2) is 10.9. The molecule has 6 nitrogen and oxygen atoms in total. The predicted molar refractivity (Wildman–Crippen MR) is 147 cm³/mol. The Morgan fingerprint density at radius 3 is 2.69 bits per heavy atom. The van der Waals surface area contributed by atoms with Crippen LogP contribution in [-0.4, -0.2) is 24.7 Å². The molecule has 36 heavy (non-hydrogen) atoms. The second-order valence-corrected chi connectivity index (χ2v) is 11.8. The maximum absolute atomic E-state index is 12.9. The van der Waals surface area contributed by atoms with Crippen LogP contribution in [0.2, 0.25) is 0 Å². The van der Waals surface area contributed by atoms with Crippen molar-refractivity contribution in [2.45, 2.75) is 47.0 Å². The molecule has 0 spiro atoms. The monoisotopic (exact) mass is 521 g/mol. The average Bonchev–Trinajstić information content (AvgIpc) is 3.49. The number of hydrogen-bond donors (Lipinski definition) is 1. The van der Waals surface area contributed by atoms with Gasteiger partial charge in [-0.05, 0) is 67.3 Å². The molecule has 4 rings (SSSR count). The van der Waals surface area contributed by atoms with Gasteiger partial charge in [-0.25, -0.2) is 9.78 Å². The molecule has 0 saturated carbocycles. The molecular formula is C28H31N3O3S2. The number of aromatic nitrogens is 1. The van der Waals surface area contributed by atoms with E-state index < -0.39 is 0 Å². The third kappa shape index (κ3) is 5.48. The minimum Gasteiger partial charge on any atom is -0.497 e. The average molecular weight is 522 g/mol. The number of nitrogens with zero attached hydrogens (tertiary/aromatic N) is 2.